The summed E-state index contributed by atoms with van der Waals surface area (Å²) in [5.41, 5.74) is 2.09. The molecule has 0 fully saturated rings. The normalized spacial score (nSPS) is 11.3. The number of hydrogen-bond donors (Lipinski definition) is 0. The van der Waals surface area contributed by atoms with E-state index in [-0.39, 0.29) is 10.8 Å². The second-order valence-electron chi connectivity index (χ2n) is 6.57. The van der Waals surface area contributed by atoms with E-state index in [0.29, 0.717) is 17.8 Å². The van der Waals surface area contributed by atoms with E-state index >= 15 is 0 Å². The van der Waals surface area contributed by atoms with E-state index < -0.39 is 10.0 Å². The van der Waals surface area contributed by atoms with Crippen molar-refractivity contribution < 1.29 is 13.2 Å². The van der Waals surface area contributed by atoms with Crippen LogP contribution in [-0.4, -0.2) is 39.4 Å². The zero-order chi connectivity index (χ0) is 20.0. The summed E-state index contributed by atoms with van der Waals surface area (Å²) in [6, 6.07) is 13.5. The molecule has 0 spiro atoms. The molecule has 146 valence electrons. The van der Waals surface area contributed by atoms with Gasteiger partial charge >= 0.3 is 0 Å². The van der Waals surface area contributed by atoms with Gasteiger partial charge in [0.2, 0.25) is 0 Å². The van der Waals surface area contributed by atoms with Crippen molar-refractivity contribution in [1.82, 2.24) is 4.90 Å². The minimum Gasteiger partial charge on any atom is -0.339 e. The molecular weight excluding hydrogens is 360 g/mol. The molecule has 2 aromatic carbocycles. The minimum atomic E-state index is -3.64. The first-order valence-corrected chi connectivity index (χ1v) is 10.7. The smallest absolute Gasteiger partial charge is 0.264 e. The van der Waals surface area contributed by atoms with Crippen molar-refractivity contribution in [3.63, 3.8) is 0 Å². The highest BCUT2D eigenvalue weighted by Crippen LogP contribution is 2.23. The van der Waals surface area contributed by atoms with E-state index in [4.69, 9.17) is 0 Å². The Hall–Kier alpha value is -2.34. The standard InChI is InChI=1S/C21H28N2O3S/c1-5-7-16-23(6-2)21(24)18-10-12-19(13-11-18)22(4)27(25,26)20-14-8-17(3)9-15-20/h8-15H,5-7,16H2,1-4H3. The minimum absolute atomic E-state index is 0.0263. The van der Waals surface area contributed by atoms with Crippen LogP contribution in [0, 0.1) is 6.92 Å². The second kappa shape index (κ2) is 9.04. The first kappa shape index (κ1) is 21.0. The maximum absolute atomic E-state index is 12.8. The highest BCUT2D eigenvalue weighted by Gasteiger charge is 2.21. The summed E-state index contributed by atoms with van der Waals surface area (Å²) in [6.07, 6.45) is 2.00. The summed E-state index contributed by atoms with van der Waals surface area (Å²) < 4.78 is 26.8. The Labute approximate surface area is 162 Å². The molecule has 2 rings (SSSR count). The third-order valence-electron chi connectivity index (χ3n) is 4.61. The molecule has 0 atom stereocenters. The lowest BCUT2D eigenvalue weighted by atomic mass is 10.1. The molecule has 1 amide bonds. The third-order valence-corrected chi connectivity index (χ3v) is 6.41. The number of amides is 1. The van der Waals surface area contributed by atoms with Crippen LogP contribution in [0.5, 0.6) is 0 Å². The van der Waals surface area contributed by atoms with Crippen molar-refractivity contribution in [3.05, 3.63) is 59.7 Å². The molecule has 0 heterocycles. The van der Waals surface area contributed by atoms with Gasteiger partial charge in [0.1, 0.15) is 0 Å². The number of carbonyl (C=O) groups is 1. The maximum atomic E-state index is 12.8. The van der Waals surface area contributed by atoms with Crippen LogP contribution in [0.1, 0.15) is 42.6 Å². The number of rotatable bonds is 8. The molecule has 0 aromatic heterocycles. The average Bonchev–Trinajstić information content (AvgIpc) is 2.68. The van der Waals surface area contributed by atoms with Gasteiger partial charge in [-0.25, -0.2) is 8.42 Å². The molecule has 0 aliphatic carbocycles. The van der Waals surface area contributed by atoms with E-state index in [1.165, 1.54) is 11.4 Å². The first-order valence-electron chi connectivity index (χ1n) is 9.26. The van der Waals surface area contributed by atoms with Crippen LogP contribution < -0.4 is 4.31 Å². The molecule has 0 bridgehead atoms. The van der Waals surface area contributed by atoms with Crippen LogP contribution in [-0.2, 0) is 10.0 Å². The van der Waals surface area contributed by atoms with E-state index in [2.05, 4.69) is 6.92 Å². The van der Waals surface area contributed by atoms with Gasteiger partial charge in [0.05, 0.1) is 10.6 Å². The molecule has 0 radical (unpaired) electrons. The van der Waals surface area contributed by atoms with Crippen LogP contribution in [0.4, 0.5) is 5.69 Å². The fourth-order valence-electron chi connectivity index (χ4n) is 2.76. The molecule has 6 heteroatoms. The molecule has 5 nitrogen and oxygen atoms in total. The van der Waals surface area contributed by atoms with Crippen LogP contribution >= 0.6 is 0 Å². The first-order chi connectivity index (χ1) is 12.8. The third kappa shape index (κ3) is 4.89. The fourth-order valence-corrected chi connectivity index (χ4v) is 3.95. The van der Waals surface area contributed by atoms with Crippen LogP contribution in [0.3, 0.4) is 0 Å². The van der Waals surface area contributed by atoms with Gasteiger partial charge in [-0.15, -0.1) is 0 Å². The topological polar surface area (TPSA) is 57.7 Å². The largest absolute Gasteiger partial charge is 0.339 e. The number of unbranched alkanes of at least 4 members (excludes halogenated alkanes) is 1. The summed E-state index contributed by atoms with van der Waals surface area (Å²) >= 11 is 0. The number of hydrogen-bond acceptors (Lipinski definition) is 3. The average molecular weight is 389 g/mol. The molecule has 0 saturated heterocycles. The Morgan fingerprint density at radius 3 is 2.07 bits per heavy atom. The van der Waals surface area contributed by atoms with Crippen molar-refractivity contribution in [2.45, 2.75) is 38.5 Å². The predicted molar refractivity (Wildman–Crippen MR) is 110 cm³/mol. The van der Waals surface area contributed by atoms with Gasteiger partial charge in [0, 0.05) is 25.7 Å². The summed E-state index contributed by atoms with van der Waals surface area (Å²) in [5.74, 6) is -0.0263. The highest BCUT2D eigenvalue weighted by atomic mass is 32.2. The van der Waals surface area contributed by atoms with Crippen LogP contribution in [0.2, 0.25) is 0 Å². The van der Waals surface area contributed by atoms with E-state index in [9.17, 15) is 13.2 Å². The van der Waals surface area contributed by atoms with Crippen molar-refractivity contribution in [2.75, 3.05) is 24.4 Å². The van der Waals surface area contributed by atoms with E-state index in [0.717, 1.165) is 24.9 Å². The molecule has 27 heavy (non-hydrogen) atoms. The van der Waals surface area contributed by atoms with Crippen LogP contribution in [0.25, 0.3) is 0 Å². The molecular formula is C21H28N2O3S. The van der Waals surface area contributed by atoms with Gasteiger partial charge in [-0.3, -0.25) is 9.10 Å². The molecule has 0 N–H and O–H groups in total. The van der Waals surface area contributed by atoms with Crippen molar-refractivity contribution in [3.8, 4) is 0 Å². The quantitative estimate of drug-likeness (QED) is 0.685. The van der Waals surface area contributed by atoms with Gasteiger partial charge in [-0.2, -0.15) is 0 Å². The number of nitrogens with zero attached hydrogens (tertiary/aromatic N) is 2. The summed E-state index contributed by atoms with van der Waals surface area (Å²) in [4.78, 5) is 14.7. The zero-order valence-corrected chi connectivity index (χ0v) is 17.3. The lowest BCUT2D eigenvalue weighted by molar-refractivity contribution is 0.0762. The highest BCUT2D eigenvalue weighted by molar-refractivity contribution is 7.92. The van der Waals surface area contributed by atoms with Crippen molar-refractivity contribution >= 4 is 21.6 Å². The van der Waals surface area contributed by atoms with Crippen molar-refractivity contribution in [2.24, 2.45) is 0 Å². The zero-order valence-electron chi connectivity index (χ0n) is 16.5. The molecule has 0 aliphatic rings. The summed E-state index contributed by atoms with van der Waals surface area (Å²) in [5, 5.41) is 0. The molecule has 2 aromatic rings. The Kier molecular flexibility index (Phi) is 7.02. The SMILES string of the molecule is CCCCN(CC)C(=O)c1ccc(N(C)S(=O)(=O)c2ccc(C)cc2)cc1. The molecule has 0 saturated carbocycles. The second-order valence-corrected chi connectivity index (χ2v) is 8.54. The Morgan fingerprint density at radius 2 is 1.56 bits per heavy atom. The van der Waals surface area contributed by atoms with Crippen molar-refractivity contribution in [1.29, 1.82) is 0 Å². The van der Waals surface area contributed by atoms with E-state index in [1.54, 1.807) is 48.5 Å². The van der Waals surface area contributed by atoms with Gasteiger partial charge in [0.15, 0.2) is 0 Å². The Morgan fingerprint density at radius 1 is 0.963 bits per heavy atom. The van der Waals surface area contributed by atoms with E-state index in [1.807, 2.05) is 18.7 Å². The number of carbonyl (C=O) groups excluding carboxylic acids is 1. The molecule has 0 aliphatic heterocycles. The maximum Gasteiger partial charge on any atom is 0.264 e. The summed E-state index contributed by atoms with van der Waals surface area (Å²) in [7, 11) is -2.12. The lowest BCUT2D eigenvalue weighted by Crippen LogP contribution is -2.31. The van der Waals surface area contributed by atoms with Gasteiger partial charge < -0.3 is 4.90 Å². The van der Waals surface area contributed by atoms with Gasteiger partial charge in [-0.1, -0.05) is 31.0 Å². The number of aryl methyl sites for hydroxylation is 1. The Bertz CT molecular complexity index is 859. The van der Waals surface area contributed by atoms with Gasteiger partial charge in [-0.05, 0) is 56.7 Å². The van der Waals surface area contributed by atoms with Gasteiger partial charge in [0.25, 0.3) is 15.9 Å². The number of anilines is 1. The number of benzene rings is 2. The monoisotopic (exact) mass is 388 g/mol. The summed E-state index contributed by atoms with van der Waals surface area (Å²) in [6.45, 7) is 7.36. The fraction of sp³-hybridized carbons (Fsp3) is 0.381. The molecule has 0 unspecified atom stereocenters. The van der Waals surface area contributed by atoms with Crippen LogP contribution in [0.15, 0.2) is 53.4 Å². The lowest BCUT2D eigenvalue weighted by Gasteiger charge is -2.22. The predicted octanol–water partition coefficient (Wildman–Crippen LogP) is 4.08. The number of sulfonamides is 1. The Balaban J connectivity index is 2.20.